The fourth-order valence-electron chi connectivity index (χ4n) is 4.18. The third kappa shape index (κ3) is 33.6. The van der Waals surface area contributed by atoms with Gasteiger partial charge in [0.2, 0.25) is 0 Å². The zero-order chi connectivity index (χ0) is 33.5. The monoisotopic (exact) mass is 655 g/mol. The van der Waals surface area contributed by atoms with Gasteiger partial charge in [0, 0.05) is 13.0 Å². The van der Waals surface area contributed by atoms with Gasteiger partial charge in [0.25, 0.3) is 7.82 Å². The first-order valence-electron chi connectivity index (χ1n) is 17.4. The number of phosphoric ester groups is 1. The molecule has 262 valence electrons. The Bertz CT molecular complexity index is 864. The lowest BCUT2D eigenvalue weighted by Crippen LogP contribution is -2.37. The van der Waals surface area contributed by atoms with Gasteiger partial charge >= 0.3 is 5.97 Å². The van der Waals surface area contributed by atoms with E-state index in [4.69, 9.17) is 18.5 Å². The van der Waals surface area contributed by atoms with E-state index in [1.807, 2.05) is 21.1 Å². The first-order chi connectivity index (χ1) is 21.6. The van der Waals surface area contributed by atoms with Crippen molar-refractivity contribution in [1.29, 1.82) is 0 Å². The predicted octanol–water partition coefficient (Wildman–Crippen LogP) is 8.63. The number of nitrogens with zero attached hydrogens (tertiary/aromatic N) is 1. The minimum absolute atomic E-state index is 0.0203. The van der Waals surface area contributed by atoms with Crippen molar-refractivity contribution in [3.05, 3.63) is 48.6 Å². The molecule has 0 aromatic rings. The van der Waals surface area contributed by atoms with Crippen molar-refractivity contribution < 1.29 is 37.3 Å². The number of allylic oxidation sites excluding steroid dienone is 8. The van der Waals surface area contributed by atoms with Gasteiger partial charge in [-0.1, -0.05) is 107 Å². The number of hydrogen-bond acceptors (Lipinski definition) is 7. The normalized spacial score (nSPS) is 14.7. The van der Waals surface area contributed by atoms with E-state index in [0.717, 1.165) is 83.5 Å². The average Bonchev–Trinajstić information content (AvgIpc) is 2.98. The molecule has 0 N–H and O–H groups in total. The number of phosphoric acid groups is 1. The van der Waals surface area contributed by atoms with Gasteiger partial charge in [0.1, 0.15) is 19.3 Å². The molecule has 0 aliphatic carbocycles. The molecule has 0 aromatic heterocycles. The standard InChI is InChI=1S/C36H66NO7P/c1-6-8-10-12-13-14-15-16-17-18-19-20-21-22-23-24-26-28-31-41-33-35(44-36(38)29-27-25-11-9-7-2)34-43-45(39,40)42-32-30-37(3,4)5/h8,10,13-14,16-17,19-20,35H,6-7,9,11-12,15,18,21-34H2,1-5H3/b10-8-,14-13-,17-16-,20-19-. The van der Waals surface area contributed by atoms with E-state index in [9.17, 15) is 14.3 Å². The zero-order valence-corrected chi connectivity index (χ0v) is 30.2. The molecule has 0 bridgehead atoms. The number of esters is 1. The van der Waals surface area contributed by atoms with Gasteiger partial charge in [0.15, 0.2) is 0 Å². The van der Waals surface area contributed by atoms with Gasteiger partial charge in [-0.2, -0.15) is 0 Å². The van der Waals surface area contributed by atoms with Crippen LogP contribution in [0.1, 0.15) is 117 Å². The number of hydrogen-bond donors (Lipinski definition) is 0. The first kappa shape index (κ1) is 43.5. The molecule has 0 fully saturated rings. The SMILES string of the molecule is CC/C=C\C/C=C\C/C=C\C/C=C\CCCCCCCOCC(COP(=O)([O-])OCC[N+](C)(C)C)OC(=O)CCCCCCC. The van der Waals surface area contributed by atoms with Crippen LogP contribution < -0.4 is 4.89 Å². The summed E-state index contributed by atoms with van der Waals surface area (Å²) in [5.74, 6) is -0.358. The maximum absolute atomic E-state index is 12.4. The number of rotatable bonds is 31. The Morgan fingerprint density at radius 3 is 1.93 bits per heavy atom. The minimum atomic E-state index is -4.51. The van der Waals surface area contributed by atoms with Gasteiger partial charge in [-0.25, -0.2) is 0 Å². The van der Waals surface area contributed by atoms with Crippen LogP contribution in [-0.4, -0.2) is 70.7 Å². The number of carbonyl (C=O) groups excluding carboxylic acids is 1. The topological polar surface area (TPSA) is 94.1 Å². The lowest BCUT2D eigenvalue weighted by Gasteiger charge is -2.28. The number of likely N-dealkylation sites (N-methyl/N-ethyl adjacent to an activating group) is 1. The van der Waals surface area contributed by atoms with Crippen molar-refractivity contribution >= 4 is 13.8 Å². The van der Waals surface area contributed by atoms with E-state index in [-0.39, 0.29) is 25.8 Å². The molecule has 0 aliphatic heterocycles. The Morgan fingerprint density at radius 1 is 0.711 bits per heavy atom. The van der Waals surface area contributed by atoms with Crippen LogP contribution >= 0.6 is 7.82 Å². The molecule has 0 rings (SSSR count). The summed E-state index contributed by atoms with van der Waals surface area (Å²) in [5.41, 5.74) is 0. The van der Waals surface area contributed by atoms with Crippen LogP contribution in [0.15, 0.2) is 48.6 Å². The third-order valence-corrected chi connectivity index (χ3v) is 7.86. The Balaban J connectivity index is 4.21. The van der Waals surface area contributed by atoms with Crippen molar-refractivity contribution in [2.45, 2.75) is 123 Å². The second-order valence-corrected chi connectivity index (χ2v) is 13.9. The molecule has 0 spiro atoms. The summed E-state index contributed by atoms with van der Waals surface area (Å²) in [5, 5.41) is 0. The molecule has 8 nitrogen and oxygen atoms in total. The number of carbonyl (C=O) groups is 1. The summed E-state index contributed by atoms with van der Waals surface area (Å²) in [6, 6.07) is 0. The van der Waals surface area contributed by atoms with E-state index in [1.165, 1.54) is 12.8 Å². The van der Waals surface area contributed by atoms with Crippen molar-refractivity contribution in [2.24, 2.45) is 0 Å². The van der Waals surface area contributed by atoms with Crippen LogP contribution in [0.3, 0.4) is 0 Å². The average molecular weight is 656 g/mol. The highest BCUT2D eigenvalue weighted by molar-refractivity contribution is 7.45. The summed E-state index contributed by atoms with van der Waals surface area (Å²) in [7, 11) is 1.33. The van der Waals surface area contributed by atoms with Gasteiger partial charge in [-0.3, -0.25) is 9.36 Å². The molecule has 0 amide bonds. The molecular formula is C36H66NO7P. The highest BCUT2D eigenvalue weighted by Gasteiger charge is 2.20. The molecule has 9 heteroatoms. The van der Waals surface area contributed by atoms with Crippen molar-refractivity contribution in [3.8, 4) is 0 Å². The van der Waals surface area contributed by atoms with E-state index < -0.39 is 13.9 Å². The minimum Gasteiger partial charge on any atom is -0.756 e. The molecule has 0 saturated heterocycles. The lowest BCUT2D eigenvalue weighted by molar-refractivity contribution is -0.870. The second-order valence-electron chi connectivity index (χ2n) is 12.5. The number of unbranched alkanes of at least 4 members (excludes halogenated alkanes) is 9. The summed E-state index contributed by atoms with van der Waals surface area (Å²) >= 11 is 0. The van der Waals surface area contributed by atoms with Gasteiger partial charge < -0.3 is 27.9 Å². The van der Waals surface area contributed by atoms with Gasteiger partial charge in [-0.05, 0) is 51.4 Å². The van der Waals surface area contributed by atoms with Gasteiger partial charge in [0.05, 0.1) is 34.4 Å². The summed E-state index contributed by atoms with van der Waals surface area (Å²) in [6.45, 7) is 5.13. The van der Waals surface area contributed by atoms with E-state index >= 15 is 0 Å². The van der Waals surface area contributed by atoms with Crippen molar-refractivity contribution in [1.82, 2.24) is 0 Å². The van der Waals surface area contributed by atoms with Crippen LogP contribution in [0.4, 0.5) is 0 Å². The third-order valence-electron chi connectivity index (χ3n) is 6.89. The smallest absolute Gasteiger partial charge is 0.306 e. The van der Waals surface area contributed by atoms with Crippen LogP contribution in [-0.2, 0) is 27.9 Å². The Morgan fingerprint density at radius 2 is 1.29 bits per heavy atom. The quantitative estimate of drug-likeness (QED) is 0.0243. The highest BCUT2D eigenvalue weighted by atomic mass is 31.2. The van der Waals surface area contributed by atoms with Crippen LogP contribution in [0.2, 0.25) is 0 Å². The lowest BCUT2D eigenvalue weighted by atomic mass is 10.1. The summed E-state index contributed by atoms with van der Waals surface area (Å²) in [6.07, 6.45) is 33.0. The molecule has 45 heavy (non-hydrogen) atoms. The second kappa shape index (κ2) is 29.8. The van der Waals surface area contributed by atoms with Crippen LogP contribution in [0.25, 0.3) is 0 Å². The Kier molecular flexibility index (Phi) is 28.8. The fraction of sp³-hybridized carbons (Fsp3) is 0.750. The molecule has 0 aliphatic rings. The largest absolute Gasteiger partial charge is 0.756 e. The van der Waals surface area contributed by atoms with Crippen LogP contribution in [0.5, 0.6) is 0 Å². The van der Waals surface area contributed by atoms with Crippen molar-refractivity contribution in [2.75, 3.05) is 54.1 Å². The first-order valence-corrected chi connectivity index (χ1v) is 18.8. The van der Waals surface area contributed by atoms with Crippen molar-refractivity contribution in [3.63, 3.8) is 0 Å². The maximum Gasteiger partial charge on any atom is 0.306 e. The molecular weight excluding hydrogens is 589 g/mol. The van der Waals surface area contributed by atoms with E-state index in [0.29, 0.717) is 24.1 Å². The molecule has 2 atom stereocenters. The van der Waals surface area contributed by atoms with E-state index in [1.54, 1.807) is 0 Å². The Hall–Kier alpha value is -1.54. The number of ether oxygens (including phenoxy) is 2. The summed E-state index contributed by atoms with van der Waals surface area (Å²) < 4.78 is 34.1. The molecule has 0 heterocycles. The van der Waals surface area contributed by atoms with Crippen LogP contribution in [0, 0.1) is 0 Å². The number of quaternary nitrogens is 1. The Labute approximate surface area is 276 Å². The highest BCUT2D eigenvalue weighted by Crippen LogP contribution is 2.38. The molecule has 0 aromatic carbocycles. The zero-order valence-electron chi connectivity index (χ0n) is 29.3. The molecule has 2 unspecified atom stereocenters. The maximum atomic E-state index is 12.4. The van der Waals surface area contributed by atoms with Gasteiger partial charge in [-0.15, -0.1) is 0 Å². The summed E-state index contributed by atoms with van der Waals surface area (Å²) in [4.78, 5) is 24.6. The molecule has 0 saturated carbocycles. The fourth-order valence-corrected chi connectivity index (χ4v) is 4.91. The van der Waals surface area contributed by atoms with E-state index in [2.05, 4.69) is 62.5 Å². The molecule has 0 radical (unpaired) electrons. The predicted molar refractivity (Wildman–Crippen MR) is 185 cm³/mol.